The fourth-order valence-electron chi connectivity index (χ4n) is 1.96. The van der Waals surface area contributed by atoms with Gasteiger partial charge in [-0.1, -0.05) is 0 Å². The molecule has 0 amide bonds. The third-order valence-electron chi connectivity index (χ3n) is 3.22. The van der Waals surface area contributed by atoms with E-state index in [9.17, 15) is 0 Å². The van der Waals surface area contributed by atoms with Crippen LogP contribution in [0.5, 0.6) is 0 Å². The maximum atomic E-state index is 6.02. The second kappa shape index (κ2) is 4.00. The summed E-state index contributed by atoms with van der Waals surface area (Å²) >= 11 is 0. The van der Waals surface area contributed by atoms with Crippen LogP contribution < -0.4 is 11.1 Å². The molecular formula is C12H17N5. The van der Waals surface area contributed by atoms with Crippen molar-refractivity contribution in [1.82, 2.24) is 14.6 Å². The first kappa shape index (κ1) is 10.5. The Morgan fingerprint density at radius 3 is 3.18 bits per heavy atom. The first-order valence-electron chi connectivity index (χ1n) is 6.05. The van der Waals surface area contributed by atoms with Gasteiger partial charge in [0, 0.05) is 18.8 Å². The van der Waals surface area contributed by atoms with Gasteiger partial charge in [-0.3, -0.25) is 0 Å². The SMILES string of the molecule is Cc1ccn2nc(NCC(N)C3CC3)nc2c1. The number of nitrogens with two attached hydrogens (primary N) is 1. The first-order valence-corrected chi connectivity index (χ1v) is 6.05. The number of aromatic nitrogens is 3. The molecule has 1 unspecified atom stereocenters. The zero-order chi connectivity index (χ0) is 11.8. The topological polar surface area (TPSA) is 68.2 Å². The van der Waals surface area contributed by atoms with Crippen LogP contribution in [0, 0.1) is 12.8 Å². The molecule has 1 aliphatic carbocycles. The Morgan fingerprint density at radius 2 is 2.41 bits per heavy atom. The van der Waals surface area contributed by atoms with E-state index in [1.54, 1.807) is 4.52 Å². The third kappa shape index (κ3) is 2.24. The van der Waals surface area contributed by atoms with E-state index in [4.69, 9.17) is 5.73 Å². The van der Waals surface area contributed by atoms with Gasteiger partial charge in [0.15, 0.2) is 5.65 Å². The normalized spacial score (nSPS) is 17.3. The van der Waals surface area contributed by atoms with Crippen LogP contribution >= 0.6 is 0 Å². The number of nitrogens with zero attached hydrogens (tertiary/aromatic N) is 3. The quantitative estimate of drug-likeness (QED) is 0.829. The molecule has 2 aromatic rings. The number of fused-ring (bicyclic) bond motifs is 1. The molecule has 0 aliphatic heterocycles. The van der Waals surface area contributed by atoms with Gasteiger partial charge in [0.05, 0.1) is 0 Å². The summed E-state index contributed by atoms with van der Waals surface area (Å²) in [4.78, 5) is 4.41. The predicted molar refractivity (Wildman–Crippen MR) is 66.9 cm³/mol. The number of hydrogen-bond donors (Lipinski definition) is 2. The Bertz CT molecular complexity index is 529. The summed E-state index contributed by atoms with van der Waals surface area (Å²) in [5, 5.41) is 7.55. The number of anilines is 1. The summed E-state index contributed by atoms with van der Waals surface area (Å²) in [5.74, 6) is 1.36. The molecule has 90 valence electrons. The lowest BCUT2D eigenvalue weighted by Crippen LogP contribution is -2.31. The van der Waals surface area contributed by atoms with Gasteiger partial charge in [-0.05, 0) is 43.4 Å². The fraction of sp³-hybridized carbons (Fsp3) is 0.500. The average molecular weight is 231 g/mol. The molecule has 5 heteroatoms. The van der Waals surface area contributed by atoms with Crippen molar-refractivity contribution in [2.45, 2.75) is 25.8 Å². The van der Waals surface area contributed by atoms with Crippen molar-refractivity contribution in [2.75, 3.05) is 11.9 Å². The minimum Gasteiger partial charge on any atom is -0.351 e. The molecule has 1 atom stereocenters. The summed E-state index contributed by atoms with van der Waals surface area (Å²) in [6, 6.07) is 4.25. The Balaban J connectivity index is 1.72. The van der Waals surface area contributed by atoms with Crippen LogP contribution in [-0.4, -0.2) is 27.2 Å². The van der Waals surface area contributed by atoms with Gasteiger partial charge in [0.1, 0.15) is 0 Å². The summed E-state index contributed by atoms with van der Waals surface area (Å²) in [5.41, 5.74) is 8.07. The van der Waals surface area contributed by atoms with Crippen LogP contribution in [0.3, 0.4) is 0 Å². The fourth-order valence-corrected chi connectivity index (χ4v) is 1.96. The van der Waals surface area contributed by atoms with E-state index in [-0.39, 0.29) is 6.04 Å². The van der Waals surface area contributed by atoms with Crippen LogP contribution in [-0.2, 0) is 0 Å². The van der Waals surface area contributed by atoms with E-state index >= 15 is 0 Å². The number of nitrogens with one attached hydrogen (secondary N) is 1. The van der Waals surface area contributed by atoms with Crippen molar-refractivity contribution in [1.29, 1.82) is 0 Å². The minimum absolute atomic E-state index is 0.225. The summed E-state index contributed by atoms with van der Waals surface area (Å²) in [6.45, 7) is 2.80. The third-order valence-corrected chi connectivity index (χ3v) is 3.22. The summed E-state index contributed by atoms with van der Waals surface area (Å²) in [6.07, 6.45) is 4.45. The average Bonchev–Trinajstić information content (AvgIpc) is 3.07. The lowest BCUT2D eigenvalue weighted by molar-refractivity contribution is 0.618. The van der Waals surface area contributed by atoms with Gasteiger partial charge in [-0.15, -0.1) is 5.10 Å². The van der Waals surface area contributed by atoms with E-state index in [1.165, 1.54) is 18.4 Å². The van der Waals surface area contributed by atoms with E-state index in [2.05, 4.69) is 15.4 Å². The molecule has 0 aromatic carbocycles. The van der Waals surface area contributed by atoms with Crippen molar-refractivity contribution in [3.05, 3.63) is 23.9 Å². The van der Waals surface area contributed by atoms with Gasteiger partial charge in [0.2, 0.25) is 5.95 Å². The molecular weight excluding hydrogens is 214 g/mol. The molecule has 0 bridgehead atoms. The highest BCUT2D eigenvalue weighted by molar-refractivity contribution is 5.45. The summed E-state index contributed by atoms with van der Waals surface area (Å²) < 4.78 is 1.78. The van der Waals surface area contributed by atoms with E-state index < -0.39 is 0 Å². The van der Waals surface area contributed by atoms with Crippen molar-refractivity contribution in [3.8, 4) is 0 Å². The largest absolute Gasteiger partial charge is 0.351 e. The Hall–Kier alpha value is -1.62. The maximum absolute atomic E-state index is 6.02. The second-order valence-electron chi connectivity index (χ2n) is 4.82. The predicted octanol–water partition coefficient (Wildman–Crippen LogP) is 1.19. The monoisotopic (exact) mass is 231 g/mol. The highest BCUT2D eigenvalue weighted by Crippen LogP contribution is 2.31. The maximum Gasteiger partial charge on any atom is 0.243 e. The van der Waals surface area contributed by atoms with Gasteiger partial charge in [-0.2, -0.15) is 4.98 Å². The van der Waals surface area contributed by atoms with Crippen LogP contribution in [0.4, 0.5) is 5.95 Å². The molecule has 1 fully saturated rings. The molecule has 5 nitrogen and oxygen atoms in total. The lowest BCUT2D eigenvalue weighted by Gasteiger charge is -2.09. The minimum atomic E-state index is 0.225. The van der Waals surface area contributed by atoms with Crippen molar-refractivity contribution in [2.24, 2.45) is 11.7 Å². The number of pyridine rings is 1. The van der Waals surface area contributed by atoms with E-state index in [1.807, 2.05) is 25.3 Å². The highest BCUT2D eigenvalue weighted by atomic mass is 15.3. The number of aryl methyl sites for hydroxylation is 1. The number of hydrogen-bond acceptors (Lipinski definition) is 4. The standard InChI is InChI=1S/C12H17N5/c1-8-4-5-17-11(6-8)15-12(16-17)14-7-10(13)9-2-3-9/h4-6,9-10H,2-3,7,13H2,1H3,(H,14,16). The van der Waals surface area contributed by atoms with Crippen LogP contribution in [0.15, 0.2) is 18.3 Å². The van der Waals surface area contributed by atoms with Crippen molar-refractivity contribution >= 4 is 11.6 Å². The zero-order valence-electron chi connectivity index (χ0n) is 9.93. The second-order valence-corrected chi connectivity index (χ2v) is 4.82. The van der Waals surface area contributed by atoms with Gasteiger partial charge in [-0.25, -0.2) is 4.52 Å². The Morgan fingerprint density at radius 1 is 1.59 bits per heavy atom. The molecule has 17 heavy (non-hydrogen) atoms. The van der Waals surface area contributed by atoms with Crippen molar-refractivity contribution < 1.29 is 0 Å². The smallest absolute Gasteiger partial charge is 0.243 e. The van der Waals surface area contributed by atoms with Gasteiger partial charge >= 0.3 is 0 Å². The van der Waals surface area contributed by atoms with Gasteiger partial charge in [0.25, 0.3) is 0 Å². The molecule has 1 saturated carbocycles. The van der Waals surface area contributed by atoms with E-state index in [0.717, 1.165) is 12.2 Å². The molecule has 3 rings (SSSR count). The van der Waals surface area contributed by atoms with E-state index in [0.29, 0.717) is 11.9 Å². The molecule has 2 heterocycles. The highest BCUT2D eigenvalue weighted by Gasteiger charge is 2.28. The summed E-state index contributed by atoms with van der Waals surface area (Å²) in [7, 11) is 0. The number of rotatable bonds is 4. The van der Waals surface area contributed by atoms with Crippen LogP contribution in [0.1, 0.15) is 18.4 Å². The molecule has 3 N–H and O–H groups in total. The lowest BCUT2D eigenvalue weighted by atomic mass is 10.2. The molecule has 1 aliphatic rings. The first-order chi connectivity index (χ1) is 8.22. The Kier molecular flexibility index (Phi) is 2.48. The van der Waals surface area contributed by atoms with Crippen LogP contribution in [0.2, 0.25) is 0 Å². The molecule has 2 aromatic heterocycles. The zero-order valence-corrected chi connectivity index (χ0v) is 9.93. The van der Waals surface area contributed by atoms with Crippen molar-refractivity contribution in [3.63, 3.8) is 0 Å². The molecule has 0 radical (unpaired) electrons. The van der Waals surface area contributed by atoms with Gasteiger partial charge < -0.3 is 11.1 Å². The Labute approximate surface area is 100 Å². The molecule has 0 saturated heterocycles. The van der Waals surface area contributed by atoms with Crippen LogP contribution in [0.25, 0.3) is 5.65 Å². The molecule has 0 spiro atoms.